The number of nitrogens with one attached hydrogen (secondary N) is 2. The van der Waals surface area contributed by atoms with E-state index in [0.717, 1.165) is 20.6 Å². The lowest BCUT2D eigenvalue weighted by Crippen LogP contribution is -2.22. The number of carboxylic acid groups (broad SMARTS) is 1. The molecule has 0 spiro atoms. The van der Waals surface area contributed by atoms with E-state index in [1.807, 2.05) is 36.6 Å². The maximum Gasteiger partial charge on any atom is 0.303 e. The van der Waals surface area contributed by atoms with Crippen LogP contribution in [0, 0.1) is 0 Å². The van der Waals surface area contributed by atoms with Gasteiger partial charge in [0.2, 0.25) is 11.8 Å². The van der Waals surface area contributed by atoms with Gasteiger partial charge < -0.3 is 15.7 Å². The molecule has 0 aliphatic carbocycles. The first kappa shape index (κ1) is 24.0. The first-order chi connectivity index (χ1) is 15.3. The van der Waals surface area contributed by atoms with Gasteiger partial charge in [-0.3, -0.25) is 14.4 Å². The molecule has 0 aliphatic heterocycles. The van der Waals surface area contributed by atoms with Crippen LogP contribution >= 0.6 is 39.0 Å². The number of halogens is 1. The number of rotatable bonds is 9. The first-order valence-corrected chi connectivity index (χ1v) is 12.2. The van der Waals surface area contributed by atoms with Crippen LogP contribution in [0.25, 0.3) is 11.3 Å². The van der Waals surface area contributed by atoms with Gasteiger partial charge >= 0.3 is 5.97 Å². The average molecular weight is 534 g/mol. The molecule has 0 fully saturated rings. The van der Waals surface area contributed by atoms with Gasteiger partial charge in [-0.05, 0) is 43.3 Å². The number of benzene rings is 2. The van der Waals surface area contributed by atoms with E-state index in [4.69, 9.17) is 5.11 Å². The fourth-order valence-electron chi connectivity index (χ4n) is 2.61. The fourth-order valence-corrected chi connectivity index (χ4v) is 4.46. The highest BCUT2D eigenvalue weighted by Crippen LogP contribution is 2.28. The molecule has 2 amide bonds. The number of aliphatic carboxylic acids is 1. The Morgan fingerprint density at radius 3 is 2.41 bits per heavy atom. The second kappa shape index (κ2) is 11.3. The molecule has 3 N–H and O–H groups in total. The van der Waals surface area contributed by atoms with Crippen molar-refractivity contribution < 1.29 is 19.5 Å². The van der Waals surface area contributed by atoms with Crippen LogP contribution in [-0.4, -0.2) is 33.1 Å². The van der Waals surface area contributed by atoms with E-state index in [0.29, 0.717) is 10.8 Å². The quantitative estimate of drug-likeness (QED) is 0.313. The van der Waals surface area contributed by atoms with Crippen LogP contribution in [0.4, 0.5) is 10.8 Å². The zero-order valence-corrected chi connectivity index (χ0v) is 20.2. The molecule has 3 rings (SSSR count). The van der Waals surface area contributed by atoms with Gasteiger partial charge in [0.1, 0.15) is 0 Å². The summed E-state index contributed by atoms with van der Waals surface area (Å²) in [7, 11) is 0. The minimum atomic E-state index is -1.01. The molecule has 0 saturated carbocycles. The third kappa shape index (κ3) is 7.18. The molecule has 7 nitrogen and oxygen atoms in total. The molecule has 1 atom stereocenters. The third-order valence-electron chi connectivity index (χ3n) is 4.26. The van der Waals surface area contributed by atoms with Crippen LogP contribution < -0.4 is 10.6 Å². The van der Waals surface area contributed by atoms with Crippen molar-refractivity contribution in [3.05, 3.63) is 58.4 Å². The van der Waals surface area contributed by atoms with E-state index in [1.54, 1.807) is 24.3 Å². The summed E-state index contributed by atoms with van der Waals surface area (Å²) in [5.41, 5.74) is 2.35. The van der Waals surface area contributed by atoms with Crippen molar-refractivity contribution in [3.8, 4) is 11.3 Å². The number of amides is 2. The summed E-state index contributed by atoms with van der Waals surface area (Å²) in [5, 5.41) is 16.2. The van der Waals surface area contributed by atoms with Crippen LogP contribution in [0.5, 0.6) is 0 Å². The lowest BCUT2D eigenvalue weighted by atomic mass is 10.2. The maximum atomic E-state index is 12.6. The molecule has 3 aromatic rings. The van der Waals surface area contributed by atoms with Crippen LogP contribution in [0.15, 0.2) is 63.3 Å². The van der Waals surface area contributed by atoms with E-state index < -0.39 is 5.97 Å². The fraction of sp³-hybridized carbons (Fsp3) is 0.182. The van der Waals surface area contributed by atoms with Crippen molar-refractivity contribution in [2.75, 3.05) is 10.6 Å². The number of aromatic nitrogens is 1. The zero-order chi connectivity index (χ0) is 23.1. The van der Waals surface area contributed by atoms with Gasteiger partial charge in [-0.25, -0.2) is 4.98 Å². The van der Waals surface area contributed by atoms with Crippen molar-refractivity contribution in [1.29, 1.82) is 0 Å². The number of thiazole rings is 1. The molecule has 0 radical (unpaired) electrons. The number of carbonyl (C=O) groups excluding carboxylic acids is 2. The van der Waals surface area contributed by atoms with E-state index in [9.17, 15) is 14.4 Å². The van der Waals surface area contributed by atoms with Crippen molar-refractivity contribution in [2.24, 2.45) is 0 Å². The van der Waals surface area contributed by atoms with Gasteiger partial charge in [-0.15, -0.1) is 23.1 Å². The lowest BCUT2D eigenvalue weighted by Gasteiger charge is -2.11. The summed E-state index contributed by atoms with van der Waals surface area (Å²) in [6.45, 7) is 1.81. The molecule has 2 aromatic carbocycles. The second-order valence-corrected chi connectivity index (χ2v) is 9.95. The minimum absolute atomic E-state index is 0.0800. The number of thioether (sulfide) groups is 1. The number of hydrogen-bond donors (Lipinski definition) is 3. The number of anilines is 2. The van der Waals surface area contributed by atoms with Crippen LogP contribution in [-0.2, 0) is 14.4 Å². The molecule has 32 heavy (non-hydrogen) atoms. The van der Waals surface area contributed by atoms with Crippen molar-refractivity contribution in [3.63, 3.8) is 0 Å². The molecule has 1 unspecified atom stereocenters. The number of nitrogens with zero attached hydrogens (tertiary/aromatic N) is 1. The van der Waals surface area contributed by atoms with Crippen LogP contribution in [0.1, 0.15) is 19.8 Å². The Morgan fingerprint density at radius 2 is 1.75 bits per heavy atom. The maximum absolute atomic E-state index is 12.6. The van der Waals surface area contributed by atoms with Crippen molar-refractivity contribution >= 4 is 67.6 Å². The van der Waals surface area contributed by atoms with E-state index >= 15 is 0 Å². The van der Waals surface area contributed by atoms with Crippen molar-refractivity contribution in [2.45, 2.75) is 29.9 Å². The van der Waals surface area contributed by atoms with Gasteiger partial charge in [-0.2, -0.15) is 0 Å². The van der Waals surface area contributed by atoms with Crippen molar-refractivity contribution in [1.82, 2.24) is 4.98 Å². The molecule has 0 bridgehead atoms. The minimum Gasteiger partial charge on any atom is -0.481 e. The van der Waals surface area contributed by atoms with Gasteiger partial charge in [0, 0.05) is 32.4 Å². The Bertz CT molecular complexity index is 1100. The van der Waals surface area contributed by atoms with Gasteiger partial charge in [0.15, 0.2) is 5.13 Å². The monoisotopic (exact) mass is 533 g/mol. The number of carboxylic acids is 1. The molecule has 0 aliphatic rings. The summed E-state index contributed by atoms with van der Waals surface area (Å²) in [4.78, 5) is 40.2. The molecular formula is C22H20BrN3O4S2. The van der Waals surface area contributed by atoms with Gasteiger partial charge in [0.05, 0.1) is 17.4 Å². The SMILES string of the molecule is CC(Sc1ccc(NC(=O)CCC(=O)O)cc1)C(=O)Nc1nc(-c2ccc(Br)cc2)cs1. The Balaban J connectivity index is 1.51. The number of carbonyl (C=O) groups is 3. The standard InChI is InChI=1S/C22H20BrN3O4S2/c1-13(32-17-8-6-16(7-9-17)24-19(27)10-11-20(28)29)21(30)26-22-25-18(12-31-22)14-2-4-15(23)5-3-14/h2-9,12-13H,10-11H2,1H3,(H,24,27)(H,28,29)(H,25,26,30). The van der Waals surface area contributed by atoms with E-state index in [-0.39, 0.29) is 29.9 Å². The van der Waals surface area contributed by atoms with Crippen LogP contribution in [0.3, 0.4) is 0 Å². The number of hydrogen-bond acceptors (Lipinski definition) is 6. The summed E-state index contributed by atoms with van der Waals surface area (Å²) < 4.78 is 0.990. The molecule has 10 heteroatoms. The summed E-state index contributed by atoms with van der Waals surface area (Å²) in [5.74, 6) is -1.52. The molecular weight excluding hydrogens is 514 g/mol. The first-order valence-electron chi connectivity index (χ1n) is 9.61. The van der Waals surface area contributed by atoms with Gasteiger partial charge in [-0.1, -0.05) is 28.1 Å². The highest BCUT2D eigenvalue weighted by molar-refractivity contribution is 9.10. The Morgan fingerprint density at radius 1 is 1.06 bits per heavy atom. The smallest absolute Gasteiger partial charge is 0.303 e. The predicted octanol–water partition coefficient (Wildman–Crippen LogP) is 5.50. The van der Waals surface area contributed by atoms with Crippen LogP contribution in [0.2, 0.25) is 0 Å². The largest absolute Gasteiger partial charge is 0.481 e. The topological polar surface area (TPSA) is 108 Å². The Hall–Kier alpha value is -2.69. The van der Waals surface area contributed by atoms with Gasteiger partial charge in [0.25, 0.3) is 0 Å². The summed E-state index contributed by atoms with van der Waals surface area (Å²) in [6.07, 6.45) is -0.292. The highest BCUT2D eigenvalue weighted by Gasteiger charge is 2.16. The molecule has 1 aromatic heterocycles. The lowest BCUT2D eigenvalue weighted by molar-refractivity contribution is -0.138. The Labute approximate surface area is 201 Å². The van der Waals surface area contributed by atoms with E-state index in [1.165, 1.54) is 23.1 Å². The molecule has 1 heterocycles. The summed E-state index contributed by atoms with van der Waals surface area (Å²) >= 11 is 6.17. The molecule has 166 valence electrons. The zero-order valence-electron chi connectivity index (χ0n) is 17.0. The predicted molar refractivity (Wildman–Crippen MR) is 131 cm³/mol. The third-order valence-corrected chi connectivity index (χ3v) is 6.66. The summed E-state index contributed by atoms with van der Waals surface area (Å²) in [6, 6.07) is 14.8. The average Bonchev–Trinajstić information content (AvgIpc) is 3.22. The van der Waals surface area contributed by atoms with E-state index in [2.05, 4.69) is 31.5 Å². The normalized spacial score (nSPS) is 11.6. The Kier molecular flexibility index (Phi) is 8.43. The molecule has 0 saturated heterocycles. The highest BCUT2D eigenvalue weighted by atomic mass is 79.9. The second-order valence-electron chi connectivity index (χ2n) is 6.76.